The Labute approximate surface area is 106 Å². The zero-order chi connectivity index (χ0) is 12.3. The number of halogens is 1. The Hall–Kier alpha value is -1.61. The Morgan fingerprint density at radius 1 is 1.18 bits per heavy atom. The molecule has 1 N–H and O–H groups in total. The molecule has 0 aliphatic carbocycles. The maximum atomic E-state index is 5.72. The van der Waals surface area contributed by atoms with E-state index >= 15 is 0 Å². The van der Waals surface area contributed by atoms with Crippen LogP contribution >= 0.6 is 11.6 Å². The van der Waals surface area contributed by atoms with Gasteiger partial charge in [0, 0.05) is 14.1 Å². The van der Waals surface area contributed by atoms with Crippen LogP contribution in [-0.4, -0.2) is 14.1 Å². The second-order valence-electron chi connectivity index (χ2n) is 3.97. The van der Waals surface area contributed by atoms with Gasteiger partial charge in [-0.15, -0.1) is 0 Å². The smallest absolute Gasteiger partial charge is 0.193 e. The highest BCUT2D eigenvalue weighted by Crippen LogP contribution is 2.24. The molecule has 3 nitrogen and oxygen atoms in total. The van der Waals surface area contributed by atoms with Gasteiger partial charge in [0.05, 0.1) is 17.9 Å². The Morgan fingerprint density at radius 2 is 1.94 bits per heavy atom. The summed E-state index contributed by atoms with van der Waals surface area (Å²) in [6.07, 6.45) is 0. The topological polar surface area (TPSA) is 28.4 Å². The number of rotatable bonds is 4. The van der Waals surface area contributed by atoms with Crippen molar-refractivity contribution < 1.29 is 4.42 Å². The first kappa shape index (κ1) is 11.9. The molecule has 0 amide bonds. The first-order valence-electron chi connectivity index (χ1n) is 5.41. The lowest BCUT2D eigenvalue weighted by molar-refractivity contribution is 0.520. The van der Waals surface area contributed by atoms with Gasteiger partial charge < -0.3 is 14.6 Å². The van der Waals surface area contributed by atoms with Crippen LogP contribution in [0.25, 0.3) is 0 Å². The van der Waals surface area contributed by atoms with Gasteiger partial charge in [0.25, 0.3) is 0 Å². The monoisotopic (exact) mass is 250 g/mol. The Bertz CT molecular complexity index is 494. The summed E-state index contributed by atoms with van der Waals surface area (Å²) < 4.78 is 5.29. The molecule has 17 heavy (non-hydrogen) atoms. The van der Waals surface area contributed by atoms with Gasteiger partial charge in [-0.05, 0) is 35.9 Å². The molecule has 0 unspecified atom stereocenters. The highest BCUT2D eigenvalue weighted by Gasteiger charge is 2.04. The number of hydrogen-bond donors (Lipinski definition) is 1. The van der Waals surface area contributed by atoms with E-state index in [4.69, 9.17) is 16.0 Å². The third kappa shape index (κ3) is 2.94. The average molecular weight is 251 g/mol. The van der Waals surface area contributed by atoms with Crippen molar-refractivity contribution >= 4 is 23.0 Å². The minimum atomic E-state index is 0.419. The molecule has 2 aromatic rings. The number of furan rings is 1. The van der Waals surface area contributed by atoms with Crippen LogP contribution in [0.1, 0.15) is 5.76 Å². The maximum Gasteiger partial charge on any atom is 0.193 e. The van der Waals surface area contributed by atoms with Gasteiger partial charge in [-0.2, -0.15) is 0 Å². The molecule has 0 bridgehead atoms. The van der Waals surface area contributed by atoms with Gasteiger partial charge in [-0.3, -0.25) is 0 Å². The normalized spacial score (nSPS) is 10.3. The van der Waals surface area contributed by atoms with E-state index in [1.165, 1.54) is 0 Å². The van der Waals surface area contributed by atoms with Crippen LogP contribution in [0.5, 0.6) is 0 Å². The second kappa shape index (κ2) is 5.15. The molecule has 1 aromatic heterocycles. The molecule has 0 fully saturated rings. The fourth-order valence-corrected chi connectivity index (χ4v) is 1.80. The Morgan fingerprint density at radius 3 is 2.59 bits per heavy atom. The van der Waals surface area contributed by atoms with Crippen molar-refractivity contribution in [3.63, 3.8) is 0 Å². The van der Waals surface area contributed by atoms with E-state index < -0.39 is 0 Å². The van der Waals surface area contributed by atoms with Crippen LogP contribution in [-0.2, 0) is 6.54 Å². The van der Waals surface area contributed by atoms with Crippen LogP contribution < -0.4 is 10.2 Å². The fourth-order valence-electron chi connectivity index (χ4n) is 1.64. The molecular weight excluding hydrogens is 236 g/mol. The fraction of sp³-hybridized carbons (Fsp3) is 0.231. The molecule has 0 spiro atoms. The van der Waals surface area contributed by atoms with Crippen LogP contribution in [0.3, 0.4) is 0 Å². The van der Waals surface area contributed by atoms with Gasteiger partial charge in [-0.25, -0.2) is 0 Å². The van der Waals surface area contributed by atoms with E-state index in [-0.39, 0.29) is 0 Å². The van der Waals surface area contributed by atoms with Gasteiger partial charge in [0.15, 0.2) is 5.22 Å². The number of para-hydroxylation sites is 2. The molecule has 0 atom stereocenters. The van der Waals surface area contributed by atoms with E-state index in [9.17, 15) is 0 Å². The summed E-state index contributed by atoms with van der Waals surface area (Å²) in [7, 11) is 4.04. The van der Waals surface area contributed by atoms with Gasteiger partial charge in [0.2, 0.25) is 0 Å². The third-order valence-corrected chi connectivity index (χ3v) is 2.67. The van der Waals surface area contributed by atoms with Crippen molar-refractivity contribution in [1.29, 1.82) is 0 Å². The molecule has 0 saturated heterocycles. The van der Waals surface area contributed by atoms with Crippen LogP contribution in [0.4, 0.5) is 11.4 Å². The lowest BCUT2D eigenvalue weighted by Crippen LogP contribution is -2.11. The second-order valence-corrected chi connectivity index (χ2v) is 4.34. The quantitative estimate of drug-likeness (QED) is 0.899. The zero-order valence-corrected chi connectivity index (χ0v) is 10.7. The van der Waals surface area contributed by atoms with Crippen molar-refractivity contribution in [2.24, 2.45) is 0 Å². The highest BCUT2D eigenvalue weighted by molar-refractivity contribution is 6.28. The van der Waals surface area contributed by atoms with Crippen LogP contribution in [0.15, 0.2) is 40.8 Å². The van der Waals surface area contributed by atoms with Gasteiger partial charge >= 0.3 is 0 Å². The summed E-state index contributed by atoms with van der Waals surface area (Å²) in [6.45, 7) is 0.623. The van der Waals surface area contributed by atoms with Crippen molar-refractivity contribution in [3.8, 4) is 0 Å². The molecule has 0 aliphatic rings. The van der Waals surface area contributed by atoms with E-state index in [0.717, 1.165) is 17.1 Å². The summed E-state index contributed by atoms with van der Waals surface area (Å²) in [4.78, 5) is 2.07. The zero-order valence-electron chi connectivity index (χ0n) is 9.90. The minimum absolute atomic E-state index is 0.419. The first-order valence-corrected chi connectivity index (χ1v) is 5.79. The average Bonchev–Trinajstić information content (AvgIpc) is 2.73. The maximum absolute atomic E-state index is 5.72. The first-order chi connectivity index (χ1) is 8.16. The van der Waals surface area contributed by atoms with Crippen molar-refractivity contribution in [2.75, 3.05) is 24.3 Å². The molecule has 0 saturated carbocycles. The van der Waals surface area contributed by atoms with E-state index in [1.807, 2.05) is 38.4 Å². The molecule has 0 radical (unpaired) electrons. The number of nitrogens with zero attached hydrogens (tertiary/aromatic N) is 1. The van der Waals surface area contributed by atoms with Crippen molar-refractivity contribution in [2.45, 2.75) is 6.54 Å². The summed E-state index contributed by atoms with van der Waals surface area (Å²) in [5, 5.41) is 3.75. The van der Waals surface area contributed by atoms with Crippen LogP contribution in [0, 0.1) is 0 Å². The van der Waals surface area contributed by atoms with Gasteiger partial charge in [0.1, 0.15) is 5.76 Å². The van der Waals surface area contributed by atoms with Gasteiger partial charge in [-0.1, -0.05) is 12.1 Å². The molecule has 1 heterocycles. The highest BCUT2D eigenvalue weighted by atomic mass is 35.5. The van der Waals surface area contributed by atoms with E-state index in [0.29, 0.717) is 11.8 Å². The molecule has 1 aromatic carbocycles. The largest absolute Gasteiger partial charge is 0.448 e. The SMILES string of the molecule is CN(C)c1ccccc1NCc1ccc(Cl)o1. The van der Waals surface area contributed by atoms with Crippen molar-refractivity contribution in [1.82, 2.24) is 0 Å². The molecule has 0 aliphatic heterocycles. The Kier molecular flexibility index (Phi) is 3.59. The predicted octanol–water partition coefficient (Wildman–Crippen LogP) is 3.61. The summed E-state index contributed by atoms with van der Waals surface area (Å²) >= 11 is 5.72. The number of anilines is 2. The Balaban J connectivity index is 2.08. The third-order valence-electron chi connectivity index (χ3n) is 2.47. The van der Waals surface area contributed by atoms with E-state index in [2.05, 4.69) is 16.3 Å². The summed E-state index contributed by atoms with van der Waals surface area (Å²) in [6, 6.07) is 11.7. The number of benzene rings is 1. The molecule has 4 heteroatoms. The standard InChI is InChI=1S/C13H15ClN2O/c1-16(2)12-6-4-3-5-11(12)15-9-10-7-8-13(14)17-10/h3-8,15H,9H2,1-2H3. The molecule has 2 rings (SSSR count). The summed E-state index contributed by atoms with van der Waals surface area (Å²) in [5.74, 6) is 0.823. The molecular formula is C13H15ClN2O. The number of nitrogens with one attached hydrogen (secondary N) is 1. The van der Waals surface area contributed by atoms with E-state index in [1.54, 1.807) is 6.07 Å². The minimum Gasteiger partial charge on any atom is -0.448 e. The molecule has 90 valence electrons. The van der Waals surface area contributed by atoms with Crippen molar-refractivity contribution in [3.05, 3.63) is 47.4 Å². The lowest BCUT2D eigenvalue weighted by Gasteiger charge is -2.17. The predicted molar refractivity (Wildman–Crippen MR) is 71.8 cm³/mol. The lowest BCUT2D eigenvalue weighted by atomic mass is 10.2. The number of hydrogen-bond acceptors (Lipinski definition) is 3. The summed E-state index contributed by atoms with van der Waals surface area (Å²) in [5.41, 5.74) is 2.22. The van der Waals surface area contributed by atoms with Crippen LogP contribution in [0.2, 0.25) is 5.22 Å².